The van der Waals surface area contributed by atoms with Gasteiger partial charge in [0.15, 0.2) is 6.29 Å². The average Bonchev–Trinajstić information content (AvgIpc) is 2.62. The molecule has 0 fully saturated rings. The van der Waals surface area contributed by atoms with E-state index in [2.05, 4.69) is 4.98 Å². The summed E-state index contributed by atoms with van der Waals surface area (Å²) in [7, 11) is 0. The van der Waals surface area contributed by atoms with Crippen molar-refractivity contribution in [2.75, 3.05) is 6.61 Å². The molecule has 0 bridgehead atoms. The van der Waals surface area contributed by atoms with Crippen LogP contribution in [0.2, 0.25) is 0 Å². The molecule has 0 aliphatic heterocycles. The zero-order valence-electron chi connectivity index (χ0n) is 7.84. The molecule has 1 unspecified atom stereocenters. The minimum atomic E-state index is -0.771. The van der Waals surface area contributed by atoms with Crippen molar-refractivity contribution in [3.8, 4) is 0 Å². The number of aromatic amines is 1. The SMILES string of the molecule is CCOC(O)c1[nH]cc2c1CCC2. The minimum Gasteiger partial charge on any atom is -0.363 e. The zero-order valence-corrected chi connectivity index (χ0v) is 7.84. The van der Waals surface area contributed by atoms with Crippen molar-refractivity contribution in [3.05, 3.63) is 23.0 Å². The Balaban J connectivity index is 2.20. The second kappa shape index (κ2) is 3.52. The molecule has 0 spiro atoms. The van der Waals surface area contributed by atoms with Crippen molar-refractivity contribution in [1.82, 2.24) is 4.98 Å². The number of aromatic nitrogens is 1. The fourth-order valence-corrected chi connectivity index (χ4v) is 1.95. The molecule has 0 radical (unpaired) electrons. The Bertz CT molecular complexity index is 293. The number of fused-ring (bicyclic) bond motifs is 1. The standard InChI is InChI=1S/C10H15NO2/c1-2-13-10(12)9-8-5-3-4-7(8)6-11-9/h6,10-12H,2-5H2,1H3. The molecule has 13 heavy (non-hydrogen) atoms. The van der Waals surface area contributed by atoms with Gasteiger partial charge in [0.25, 0.3) is 0 Å². The van der Waals surface area contributed by atoms with Crippen LogP contribution in [0.3, 0.4) is 0 Å². The van der Waals surface area contributed by atoms with Gasteiger partial charge in [-0.05, 0) is 37.3 Å². The predicted octanol–water partition coefficient (Wildman–Crippen LogP) is 1.53. The van der Waals surface area contributed by atoms with E-state index in [1.54, 1.807) is 0 Å². The number of nitrogens with one attached hydrogen (secondary N) is 1. The van der Waals surface area contributed by atoms with E-state index in [-0.39, 0.29) is 0 Å². The lowest BCUT2D eigenvalue weighted by Gasteiger charge is -2.10. The van der Waals surface area contributed by atoms with Gasteiger partial charge >= 0.3 is 0 Å². The molecule has 1 aliphatic carbocycles. The fourth-order valence-electron chi connectivity index (χ4n) is 1.95. The number of aliphatic hydroxyl groups excluding tert-OH is 1. The van der Waals surface area contributed by atoms with Crippen molar-refractivity contribution in [2.24, 2.45) is 0 Å². The van der Waals surface area contributed by atoms with Crippen LogP contribution in [0.15, 0.2) is 6.20 Å². The van der Waals surface area contributed by atoms with Crippen LogP contribution in [0.25, 0.3) is 0 Å². The maximum absolute atomic E-state index is 9.62. The molecule has 2 N–H and O–H groups in total. The highest BCUT2D eigenvalue weighted by atomic mass is 16.6. The summed E-state index contributed by atoms with van der Waals surface area (Å²) in [6.07, 6.45) is 4.61. The second-order valence-electron chi connectivity index (χ2n) is 3.37. The van der Waals surface area contributed by atoms with Crippen LogP contribution in [0.1, 0.15) is 36.5 Å². The van der Waals surface area contributed by atoms with Crippen LogP contribution in [0.5, 0.6) is 0 Å². The summed E-state index contributed by atoms with van der Waals surface area (Å²) in [5.41, 5.74) is 3.46. The summed E-state index contributed by atoms with van der Waals surface area (Å²) in [5, 5.41) is 9.62. The number of aliphatic hydroxyl groups is 1. The Morgan fingerprint density at radius 2 is 2.46 bits per heavy atom. The highest BCUT2D eigenvalue weighted by Gasteiger charge is 2.21. The van der Waals surface area contributed by atoms with E-state index in [4.69, 9.17) is 4.74 Å². The van der Waals surface area contributed by atoms with Gasteiger partial charge in [0.05, 0.1) is 5.69 Å². The average molecular weight is 181 g/mol. The summed E-state index contributed by atoms with van der Waals surface area (Å²) < 4.78 is 5.14. The Labute approximate surface area is 77.7 Å². The van der Waals surface area contributed by atoms with Gasteiger partial charge in [-0.3, -0.25) is 0 Å². The molecule has 72 valence electrons. The van der Waals surface area contributed by atoms with E-state index in [0.29, 0.717) is 6.61 Å². The van der Waals surface area contributed by atoms with Crippen LogP contribution in [-0.2, 0) is 17.6 Å². The molecule has 0 amide bonds. The number of ether oxygens (including phenoxy) is 1. The van der Waals surface area contributed by atoms with E-state index in [0.717, 1.165) is 18.5 Å². The van der Waals surface area contributed by atoms with Crippen LogP contribution in [0, 0.1) is 0 Å². The van der Waals surface area contributed by atoms with Crippen molar-refractivity contribution in [3.63, 3.8) is 0 Å². The number of aryl methyl sites for hydroxylation is 1. The highest BCUT2D eigenvalue weighted by Crippen LogP contribution is 2.28. The van der Waals surface area contributed by atoms with E-state index in [1.807, 2.05) is 13.1 Å². The maximum Gasteiger partial charge on any atom is 0.196 e. The zero-order chi connectivity index (χ0) is 9.26. The summed E-state index contributed by atoms with van der Waals surface area (Å²) in [5.74, 6) is 0. The van der Waals surface area contributed by atoms with Gasteiger partial charge in [0, 0.05) is 12.8 Å². The molecule has 0 saturated carbocycles. The number of hydrogen-bond acceptors (Lipinski definition) is 2. The smallest absolute Gasteiger partial charge is 0.196 e. The fraction of sp³-hybridized carbons (Fsp3) is 0.600. The first-order valence-electron chi connectivity index (χ1n) is 4.81. The highest BCUT2D eigenvalue weighted by molar-refractivity contribution is 5.35. The summed E-state index contributed by atoms with van der Waals surface area (Å²) in [6, 6.07) is 0. The van der Waals surface area contributed by atoms with Gasteiger partial charge in [0.2, 0.25) is 0 Å². The Morgan fingerprint density at radius 3 is 3.23 bits per heavy atom. The monoisotopic (exact) mass is 181 g/mol. The largest absolute Gasteiger partial charge is 0.363 e. The van der Waals surface area contributed by atoms with Gasteiger partial charge in [-0.25, -0.2) is 0 Å². The van der Waals surface area contributed by atoms with E-state index in [1.165, 1.54) is 17.5 Å². The van der Waals surface area contributed by atoms with E-state index < -0.39 is 6.29 Å². The molecule has 0 saturated heterocycles. The molecule has 3 nitrogen and oxygen atoms in total. The lowest BCUT2D eigenvalue weighted by atomic mass is 10.2. The molecular weight excluding hydrogens is 166 g/mol. The molecule has 3 heteroatoms. The molecule has 1 aromatic heterocycles. The van der Waals surface area contributed by atoms with Crippen molar-refractivity contribution in [1.29, 1.82) is 0 Å². The molecule has 2 rings (SSSR count). The third kappa shape index (κ3) is 1.49. The van der Waals surface area contributed by atoms with Gasteiger partial charge < -0.3 is 14.8 Å². The lowest BCUT2D eigenvalue weighted by Crippen LogP contribution is -2.05. The van der Waals surface area contributed by atoms with Crippen LogP contribution in [-0.4, -0.2) is 16.7 Å². The topological polar surface area (TPSA) is 45.2 Å². The van der Waals surface area contributed by atoms with Gasteiger partial charge in [-0.2, -0.15) is 0 Å². The molecule has 1 aromatic rings. The van der Waals surface area contributed by atoms with Crippen LogP contribution in [0.4, 0.5) is 0 Å². The summed E-state index contributed by atoms with van der Waals surface area (Å²) >= 11 is 0. The number of hydrogen-bond donors (Lipinski definition) is 2. The number of H-pyrrole nitrogens is 1. The Kier molecular flexibility index (Phi) is 2.38. The van der Waals surface area contributed by atoms with Gasteiger partial charge in [-0.15, -0.1) is 0 Å². The normalized spacial score (nSPS) is 17.4. The predicted molar refractivity (Wildman–Crippen MR) is 49.4 cm³/mol. The van der Waals surface area contributed by atoms with Gasteiger partial charge in [0.1, 0.15) is 0 Å². The first-order chi connectivity index (χ1) is 6.33. The maximum atomic E-state index is 9.62. The van der Waals surface area contributed by atoms with Crippen LogP contribution >= 0.6 is 0 Å². The Hall–Kier alpha value is -0.800. The second-order valence-corrected chi connectivity index (χ2v) is 3.37. The van der Waals surface area contributed by atoms with Crippen molar-refractivity contribution in [2.45, 2.75) is 32.5 Å². The molecule has 1 aliphatic rings. The van der Waals surface area contributed by atoms with E-state index in [9.17, 15) is 5.11 Å². The third-order valence-corrected chi connectivity index (χ3v) is 2.56. The molecule has 1 atom stereocenters. The first kappa shape index (κ1) is 8.78. The van der Waals surface area contributed by atoms with Gasteiger partial charge in [-0.1, -0.05) is 0 Å². The molecule has 1 heterocycles. The summed E-state index contributed by atoms with van der Waals surface area (Å²) in [4.78, 5) is 3.09. The van der Waals surface area contributed by atoms with Crippen LogP contribution < -0.4 is 0 Å². The third-order valence-electron chi connectivity index (χ3n) is 2.56. The van der Waals surface area contributed by atoms with Crippen molar-refractivity contribution >= 4 is 0 Å². The van der Waals surface area contributed by atoms with Crippen molar-refractivity contribution < 1.29 is 9.84 Å². The molecular formula is C10H15NO2. The quantitative estimate of drug-likeness (QED) is 0.694. The first-order valence-corrected chi connectivity index (χ1v) is 4.81. The minimum absolute atomic E-state index is 0.537. The van der Waals surface area contributed by atoms with E-state index >= 15 is 0 Å². The summed E-state index contributed by atoms with van der Waals surface area (Å²) in [6.45, 7) is 2.42. The number of rotatable bonds is 3. The lowest BCUT2D eigenvalue weighted by molar-refractivity contribution is -0.101. The molecule has 0 aromatic carbocycles. The Morgan fingerprint density at radius 1 is 1.62 bits per heavy atom.